The van der Waals surface area contributed by atoms with E-state index in [1.54, 1.807) is 0 Å². The first-order valence-corrected chi connectivity index (χ1v) is 7.96. The second kappa shape index (κ2) is 9.55. The lowest BCUT2D eigenvalue weighted by Crippen LogP contribution is -2.14. The average molecular weight is 299 g/mol. The number of benzene rings is 1. The van der Waals surface area contributed by atoms with E-state index in [9.17, 15) is 4.79 Å². The maximum absolute atomic E-state index is 12.0. The number of carbonyl (C=O) groups is 1. The van der Waals surface area contributed by atoms with Gasteiger partial charge in [-0.05, 0) is 25.0 Å². The number of nitrogens with zero attached hydrogens (tertiary/aromatic N) is 1. The molecule has 4 heteroatoms. The second-order valence-electron chi connectivity index (χ2n) is 4.21. The molecule has 0 atom stereocenters. The van der Waals surface area contributed by atoms with Gasteiger partial charge in [0, 0.05) is 11.0 Å². The second-order valence-corrected chi connectivity index (χ2v) is 4.21. The summed E-state index contributed by atoms with van der Waals surface area (Å²) in [7, 11) is 0. The van der Waals surface area contributed by atoms with Crippen molar-refractivity contribution in [1.29, 1.82) is 0 Å². The number of hydrogen-bond acceptors (Lipinski definition) is 2. The van der Waals surface area contributed by atoms with Crippen LogP contribution in [0.2, 0.25) is 0 Å². The molecular weight excluding hydrogens is 274 g/mol. The van der Waals surface area contributed by atoms with Crippen molar-refractivity contribution in [1.82, 2.24) is 10.2 Å². The van der Waals surface area contributed by atoms with Gasteiger partial charge in [0.1, 0.15) is 0 Å². The van der Waals surface area contributed by atoms with E-state index in [0.717, 1.165) is 23.7 Å². The van der Waals surface area contributed by atoms with Crippen molar-refractivity contribution in [3.05, 3.63) is 48.1 Å². The highest BCUT2D eigenvalue weighted by atomic mass is 16.1. The fraction of sp³-hybridized carbons (Fsp3) is 0.333. The number of amides is 1. The number of allylic oxidation sites excluding steroid dienone is 2. The van der Waals surface area contributed by atoms with E-state index in [4.69, 9.17) is 0 Å². The van der Waals surface area contributed by atoms with Crippen molar-refractivity contribution in [2.75, 3.05) is 5.32 Å². The zero-order valence-electron chi connectivity index (χ0n) is 13.8. The summed E-state index contributed by atoms with van der Waals surface area (Å²) in [5.74, 6) is 0.471. The Balaban J connectivity index is 0.000000561. The maximum atomic E-state index is 12.0. The lowest BCUT2D eigenvalue weighted by Gasteiger charge is -2.06. The van der Waals surface area contributed by atoms with Gasteiger partial charge < -0.3 is 5.32 Å². The molecule has 0 aliphatic heterocycles. The lowest BCUT2D eigenvalue weighted by atomic mass is 10.1. The molecule has 0 fully saturated rings. The number of nitrogens with one attached hydrogen (secondary N) is 2. The van der Waals surface area contributed by atoms with E-state index < -0.39 is 0 Å². The standard InChI is InChI=1S/C14H13N3O.2C2H6/c18-14(10-6-2-1-3-7-10)15-13-11-8-4-5-9-12(11)16-17-13;2*1-2/h2,4-9H,1,3H2,(H2,15,16,17,18);2*1-2H3. The van der Waals surface area contributed by atoms with Gasteiger partial charge in [0.2, 0.25) is 0 Å². The monoisotopic (exact) mass is 299 g/mol. The molecule has 3 rings (SSSR count). The molecule has 0 unspecified atom stereocenters. The first-order chi connectivity index (χ1) is 10.8. The number of H-pyrrole nitrogens is 1. The molecule has 1 aromatic heterocycles. The number of hydrogen-bond donors (Lipinski definition) is 2. The SMILES string of the molecule is CC.CC.O=C(Nc1n[nH]c2ccccc12)C1=CCCC=C1. The molecule has 2 N–H and O–H groups in total. The van der Waals surface area contributed by atoms with E-state index in [1.807, 2.05) is 70.2 Å². The largest absolute Gasteiger partial charge is 0.305 e. The van der Waals surface area contributed by atoms with Gasteiger partial charge >= 0.3 is 0 Å². The Kier molecular flexibility index (Phi) is 7.68. The van der Waals surface area contributed by atoms with Gasteiger partial charge in [-0.15, -0.1) is 0 Å². The van der Waals surface area contributed by atoms with Gasteiger partial charge in [0.05, 0.1) is 5.52 Å². The highest BCUT2D eigenvalue weighted by Gasteiger charge is 2.12. The molecule has 0 bridgehead atoms. The van der Waals surface area contributed by atoms with Crippen molar-refractivity contribution >= 4 is 22.6 Å². The summed E-state index contributed by atoms with van der Waals surface area (Å²) in [5, 5.41) is 10.8. The molecule has 118 valence electrons. The van der Waals surface area contributed by atoms with Crippen LogP contribution in [-0.4, -0.2) is 16.1 Å². The molecule has 0 spiro atoms. The van der Waals surface area contributed by atoms with Crippen LogP contribution in [0.4, 0.5) is 5.82 Å². The van der Waals surface area contributed by atoms with Crippen LogP contribution < -0.4 is 5.32 Å². The number of para-hydroxylation sites is 1. The number of rotatable bonds is 2. The van der Waals surface area contributed by atoms with E-state index >= 15 is 0 Å². The topological polar surface area (TPSA) is 57.8 Å². The van der Waals surface area contributed by atoms with E-state index in [2.05, 4.69) is 15.5 Å². The molecule has 1 aromatic carbocycles. The molecule has 0 saturated carbocycles. The quantitative estimate of drug-likeness (QED) is 0.834. The number of aromatic amines is 1. The molecule has 4 nitrogen and oxygen atoms in total. The molecule has 0 radical (unpaired) electrons. The van der Waals surface area contributed by atoms with Crippen LogP contribution in [0.15, 0.2) is 48.1 Å². The van der Waals surface area contributed by atoms with Crippen LogP contribution >= 0.6 is 0 Å². The first-order valence-electron chi connectivity index (χ1n) is 7.96. The highest BCUT2D eigenvalue weighted by molar-refractivity contribution is 6.08. The van der Waals surface area contributed by atoms with E-state index in [0.29, 0.717) is 11.4 Å². The maximum Gasteiger partial charge on any atom is 0.256 e. The Morgan fingerprint density at radius 1 is 1.14 bits per heavy atom. The fourth-order valence-corrected chi connectivity index (χ4v) is 2.02. The van der Waals surface area contributed by atoms with Crippen LogP contribution in [-0.2, 0) is 4.79 Å². The molecule has 1 aliphatic carbocycles. The van der Waals surface area contributed by atoms with Crippen LogP contribution in [0.5, 0.6) is 0 Å². The Bertz CT molecular complexity index is 653. The summed E-state index contributed by atoms with van der Waals surface area (Å²) in [6.45, 7) is 8.00. The minimum absolute atomic E-state index is 0.108. The zero-order valence-corrected chi connectivity index (χ0v) is 13.8. The van der Waals surface area contributed by atoms with Gasteiger partial charge in [0.15, 0.2) is 5.82 Å². The molecular formula is C18H25N3O. The van der Waals surface area contributed by atoms with Crippen molar-refractivity contribution < 1.29 is 4.79 Å². The highest BCUT2D eigenvalue weighted by Crippen LogP contribution is 2.20. The van der Waals surface area contributed by atoms with Crippen LogP contribution in [0.1, 0.15) is 40.5 Å². The summed E-state index contributed by atoms with van der Waals surface area (Å²) in [6.07, 6.45) is 7.73. The molecule has 2 aromatic rings. The molecule has 0 saturated heterocycles. The zero-order chi connectivity index (χ0) is 16.4. The van der Waals surface area contributed by atoms with Gasteiger partial charge in [-0.1, -0.05) is 58.1 Å². The average Bonchev–Trinajstić information content (AvgIpc) is 3.02. The van der Waals surface area contributed by atoms with E-state index in [-0.39, 0.29) is 5.91 Å². The number of aromatic nitrogens is 2. The van der Waals surface area contributed by atoms with Crippen molar-refractivity contribution in [2.24, 2.45) is 0 Å². The smallest absolute Gasteiger partial charge is 0.256 e. The third-order valence-corrected chi connectivity index (χ3v) is 2.96. The summed E-state index contributed by atoms with van der Waals surface area (Å²) >= 11 is 0. The van der Waals surface area contributed by atoms with Crippen LogP contribution in [0, 0.1) is 0 Å². The normalized spacial score (nSPS) is 12.5. The predicted molar refractivity (Wildman–Crippen MR) is 93.9 cm³/mol. The summed E-state index contributed by atoms with van der Waals surface area (Å²) in [4.78, 5) is 12.0. The number of carbonyl (C=O) groups excluding carboxylic acids is 1. The summed E-state index contributed by atoms with van der Waals surface area (Å²) < 4.78 is 0. The first kappa shape index (κ1) is 17.7. The van der Waals surface area contributed by atoms with Gasteiger partial charge in [-0.25, -0.2) is 0 Å². The third-order valence-electron chi connectivity index (χ3n) is 2.96. The van der Waals surface area contributed by atoms with Crippen molar-refractivity contribution in [3.63, 3.8) is 0 Å². The fourth-order valence-electron chi connectivity index (χ4n) is 2.02. The molecule has 1 amide bonds. The number of fused-ring (bicyclic) bond motifs is 1. The minimum atomic E-state index is -0.108. The minimum Gasteiger partial charge on any atom is -0.305 e. The predicted octanol–water partition coefficient (Wildman–Crippen LogP) is 4.83. The van der Waals surface area contributed by atoms with Crippen molar-refractivity contribution in [3.8, 4) is 0 Å². The Morgan fingerprint density at radius 2 is 1.86 bits per heavy atom. The van der Waals surface area contributed by atoms with Gasteiger partial charge in [-0.2, -0.15) is 5.10 Å². The van der Waals surface area contributed by atoms with Gasteiger partial charge in [0.25, 0.3) is 5.91 Å². The summed E-state index contributed by atoms with van der Waals surface area (Å²) in [6, 6.07) is 7.71. The van der Waals surface area contributed by atoms with Crippen molar-refractivity contribution in [2.45, 2.75) is 40.5 Å². The summed E-state index contributed by atoms with van der Waals surface area (Å²) in [5.41, 5.74) is 1.62. The molecule has 1 heterocycles. The molecule has 22 heavy (non-hydrogen) atoms. The van der Waals surface area contributed by atoms with Crippen LogP contribution in [0.3, 0.4) is 0 Å². The Hall–Kier alpha value is -2.36. The number of anilines is 1. The van der Waals surface area contributed by atoms with Gasteiger partial charge in [-0.3, -0.25) is 9.89 Å². The van der Waals surface area contributed by atoms with Crippen LogP contribution in [0.25, 0.3) is 10.9 Å². The lowest BCUT2D eigenvalue weighted by molar-refractivity contribution is -0.112. The Morgan fingerprint density at radius 3 is 2.55 bits per heavy atom. The molecule has 1 aliphatic rings. The Labute approximate surface area is 132 Å². The van der Waals surface area contributed by atoms with E-state index in [1.165, 1.54) is 0 Å². The third kappa shape index (κ3) is 4.32.